The van der Waals surface area contributed by atoms with Gasteiger partial charge in [0, 0.05) is 19.3 Å². The van der Waals surface area contributed by atoms with Crippen molar-refractivity contribution in [3.05, 3.63) is 47.8 Å². The van der Waals surface area contributed by atoms with Crippen molar-refractivity contribution in [2.45, 2.75) is 19.4 Å². The molecule has 7 nitrogen and oxygen atoms in total. The maximum absolute atomic E-state index is 12.2. The number of rotatable bonds is 6. The molecule has 1 aliphatic heterocycles. The maximum Gasteiger partial charge on any atom is 0.225 e. The smallest absolute Gasteiger partial charge is 0.225 e. The Morgan fingerprint density at radius 1 is 1.27 bits per heavy atom. The normalized spacial score (nSPS) is 17.2. The number of anilines is 2. The van der Waals surface area contributed by atoms with Crippen LogP contribution in [0.15, 0.2) is 36.4 Å². The van der Waals surface area contributed by atoms with Gasteiger partial charge in [-0.25, -0.2) is 9.97 Å². The Morgan fingerprint density at radius 2 is 2.04 bits per heavy atom. The highest BCUT2D eigenvalue weighted by atomic mass is 16.5. The summed E-state index contributed by atoms with van der Waals surface area (Å²) >= 11 is 0. The summed E-state index contributed by atoms with van der Waals surface area (Å²) in [5, 5.41) is 3.21. The number of carbonyl (C=O) groups excluding carboxylic acids is 1. The predicted octanol–water partition coefficient (Wildman–Crippen LogP) is 2.47. The van der Waals surface area contributed by atoms with E-state index in [1.165, 1.54) is 0 Å². The minimum absolute atomic E-state index is 0.0818. The highest BCUT2D eigenvalue weighted by molar-refractivity contribution is 5.76. The van der Waals surface area contributed by atoms with E-state index in [4.69, 9.17) is 9.47 Å². The highest BCUT2D eigenvalue weighted by Gasteiger charge is 2.26. The van der Waals surface area contributed by atoms with E-state index >= 15 is 0 Å². The summed E-state index contributed by atoms with van der Waals surface area (Å²) in [6.45, 7) is 3.98. The van der Waals surface area contributed by atoms with Crippen LogP contribution in [0.25, 0.3) is 0 Å². The molecule has 3 rings (SSSR count). The number of aryl methyl sites for hydroxylation is 1. The number of aromatic nitrogens is 2. The van der Waals surface area contributed by atoms with Crippen molar-refractivity contribution in [3.8, 4) is 0 Å². The molecule has 7 heteroatoms. The van der Waals surface area contributed by atoms with E-state index in [2.05, 4.69) is 15.3 Å². The Hall–Kier alpha value is -2.51. The minimum Gasteiger partial charge on any atom is -0.384 e. The average molecular weight is 356 g/mol. The van der Waals surface area contributed by atoms with Gasteiger partial charge in [0.1, 0.15) is 17.7 Å². The summed E-state index contributed by atoms with van der Waals surface area (Å²) in [6.07, 6.45) is 0.152. The third-order valence-electron chi connectivity index (χ3n) is 4.18. The van der Waals surface area contributed by atoms with E-state index in [9.17, 15) is 4.79 Å². The highest BCUT2D eigenvalue weighted by Crippen LogP contribution is 2.23. The van der Waals surface area contributed by atoms with E-state index in [1.807, 2.05) is 48.2 Å². The molecule has 2 aromatic heterocycles. The van der Waals surface area contributed by atoms with Gasteiger partial charge in [-0.15, -0.1) is 0 Å². The van der Waals surface area contributed by atoms with Crippen molar-refractivity contribution in [1.29, 1.82) is 0 Å². The molecular formula is C19H24N4O3. The first-order valence-corrected chi connectivity index (χ1v) is 8.71. The van der Waals surface area contributed by atoms with Crippen molar-refractivity contribution >= 4 is 17.5 Å². The van der Waals surface area contributed by atoms with Crippen LogP contribution in [-0.4, -0.2) is 54.2 Å². The quantitative estimate of drug-likeness (QED) is 0.857. The topological polar surface area (TPSA) is 76.6 Å². The number of methoxy groups -OCH3 is 1. The SMILES string of the molecule is COCCC(=O)N1CCO[C@H](c2cccc(Nc3cccc(C)n3)n2)C1. The van der Waals surface area contributed by atoms with Crippen LogP contribution in [0.2, 0.25) is 0 Å². The largest absolute Gasteiger partial charge is 0.384 e. The monoisotopic (exact) mass is 356 g/mol. The number of pyridine rings is 2. The first-order valence-electron chi connectivity index (χ1n) is 8.71. The van der Waals surface area contributed by atoms with E-state index in [0.29, 0.717) is 38.5 Å². The van der Waals surface area contributed by atoms with Crippen molar-refractivity contribution in [1.82, 2.24) is 14.9 Å². The molecule has 0 radical (unpaired) electrons. The zero-order valence-corrected chi connectivity index (χ0v) is 15.1. The molecule has 0 bridgehead atoms. The van der Waals surface area contributed by atoms with Crippen LogP contribution in [0.4, 0.5) is 11.6 Å². The van der Waals surface area contributed by atoms with Crippen LogP contribution in [0.1, 0.15) is 23.9 Å². The third-order valence-corrected chi connectivity index (χ3v) is 4.18. The van der Waals surface area contributed by atoms with Gasteiger partial charge in [0.15, 0.2) is 0 Å². The summed E-state index contributed by atoms with van der Waals surface area (Å²) in [4.78, 5) is 23.1. The molecule has 1 amide bonds. The number of nitrogens with zero attached hydrogens (tertiary/aromatic N) is 3. The van der Waals surface area contributed by atoms with E-state index in [0.717, 1.165) is 17.2 Å². The molecular weight excluding hydrogens is 332 g/mol. The molecule has 1 saturated heterocycles. The summed E-state index contributed by atoms with van der Waals surface area (Å²) in [5.41, 5.74) is 1.74. The Labute approximate surface area is 153 Å². The number of ether oxygens (including phenoxy) is 2. The molecule has 0 aliphatic carbocycles. The van der Waals surface area contributed by atoms with Crippen molar-refractivity contribution in [2.24, 2.45) is 0 Å². The fraction of sp³-hybridized carbons (Fsp3) is 0.421. The predicted molar refractivity (Wildman–Crippen MR) is 98.3 cm³/mol. The maximum atomic E-state index is 12.2. The second-order valence-electron chi connectivity index (χ2n) is 6.18. The van der Waals surface area contributed by atoms with Crippen LogP contribution in [-0.2, 0) is 14.3 Å². The second-order valence-corrected chi connectivity index (χ2v) is 6.18. The summed E-state index contributed by atoms with van der Waals surface area (Å²) < 4.78 is 10.8. The number of amides is 1. The fourth-order valence-electron chi connectivity index (χ4n) is 2.85. The molecule has 26 heavy (non-hydrogen) atoms. The van der Waals surface area contributed by atoms with Gasteiger partial charge in [-0.2, -0.15) is 0 Å². The number of hydrogen-bond acceptors (Lipinski definition) is 6. The Kier molecular flexibility index (Phi) is 6.14. The Balaban J connectivity index is 1.68. The molecule has 0 saturated carbocycles. The van der Waals surface area contributed by atoms with Crippen LogP contribution in [0.3, 0.4) is 0 Å². The lowest BCUT2D eigenvalue weighted by atomic mass is 10.1. The third kappa shape index (κ3) is 4.77. The van der Waals surface area contributed by atoms with Crippen LogP contribution in [0, 0.1) is 6.92 Å². The first-order chi connectivity index (χ1) is 12.7. The second kappa shape index (κ2) is 8.73. The van der Waals surface area contributed by atoms with Crippen LogP contribution in [0.5, 0.6) is 0 Å². The summed E-state index contributed by atoms with van der Waals surface area (Å²) in [6, 6.07) is 11.5. The molecule has 1 fully saturated rings. The van der Waals surface area contributed by atoms with Gasteiger partial charge < -0.3 is 19.7 Å². The first kappa shape index (κ1) is 18.3. The molecule has 1 N–H and O–H groups in total. The van der Waals surface area contributed by atoms with Gasteiger partial charge in [0.25, 0.3) is 0 Å². The van der Waals surface area contributed by atoms with Gasteiger partial charge in [-0.05, 0) is 31.2 Å². The zero-order chi connectivity index (χ0) is 18.4. The number of nitrogens with one attached hydrogen (secondary N) is 1. The fourth-order valence-corrected chi connectivity index (χ4v) is 2.85. The van der Waals surface area contributed by atoms with Gasteiger partial charge in [-0.1, -0.05) is 12.1 Å². The number of morpholine rings is 1. The Morgan fingerprint density at radius 3 is 2.81 bits per heavy atom. The van der Waals surface area contributed by atoms with E-state index in [-0.39, 0.29) is 12.0 Å². The van der Waals surface area contributed by atoms with Gasteiger partial charge in [0.05, 0.1) is 31.9 Å². The molecule has 3 heterocycles. The number of carbonyl (C=O) groups is 1. The van der Waals surface area contributed by atoms with Gasteiger partial charge >= 0.3 is 0 Å². The molecule has 1 atom stereocenters. The zero-order valence-electron chi connectivity index (χ0n) is 15.1. The molecule has 0 unspecified atom stereocenters. The average Bonchev–Trinajstić information content (AvgIpc) is 2.66. The van der Waals surface area contributed by atoms with Gasteiger partial charge in [0.2, 0.25) is 5.91 Å². The van der Waals surface area contributed by atoms with Crippen molar-refractivity contribution in [2.75, 3.05) is 38.7 Å². The lowest BCUT2D eigenvalue weighted by Crippen LogP contribution is -2.42. The van der Waals surface area contributed by atoms with Crippen LogP contribution >= 0.6 is 0 Å². The molecule has 1 aliphatic rings. The minimum atomic E-state index is -0.234. The lowest BCUT2D eigenvalue weighted by Gasteiger charge is -2.32. The standard InChI is InChI=1S/C19H24N4O3/c1-14-5-3-7-17(20-14)22-18-8-4-6-15(21-18)16-13-23(10-12-26-16)19(24)9-11-25-2/h3-8,16H,9-13H2,1-2H3,(H,20,21,22)/t16-/m0/s1. The molecule has 2 aromatic rings. The van der Waals surface area contributed by atoms with Gasteiger partial charge in [-0.3, -0.25) is 4.79 Å². The lowest BCUT2D eigenvalue weighted by molar-refractivity contribution is -0.140. The molecule has 0 spiro atoms. The molecule has 0 aromatic carbocycles. The number of hydrogen-bond donors (Lipinski definition) is 1. The Bertz CT molecular complexity index is 753. The summed E-state index contributed by atoms with van der Waals surface area (Å²) in [7, 11) is 1.60. The molecule has 138 valence electrons. The summed E-state index contributed by atoms with van der Waals surface area (Å²) in [5.74, 6) is 1.53. The van der Waals surface area contributed by atoms with E-state index in [1.54, 1.807) is 7.11 Å². The van der Waals surface area contributed by atoms with Crippen molar-refractivity contribution < 1.29 is 14.3 Å². The van der Waals surface area contributed by atoms with Crippen LogP contribution < -0.4 is 5.32 Å². The van der Waals surface area contributed by atoms with E-state index < -0.39 is 0 Å². The van der Waals surface area contributed by atoms with Crippen molar-refractivity contribution in [3.63, 3.8) is 0 Å².